The average Bonchev–Trinajstić information content (AvgIpc) is 3.37. The van der Waals surface area contributed by atoms with Gasteiger partial charge in [0.1, 0.15) is 84.4 Å². The molecule has 0 unspecified atom stereocenters. The summed E-state index contributed by atoms with van der Waals surface area (Å²) in [4.78, 5) is 99.9. The van der Waals surface area contributed by atoms with Gasteiger partial charge in [-0.3, -0.25) is 9.59 Å². The van der Waals surface area contributed by atoms with Gasteiger partial charge < -0.3 is 114 Å². The second-order valence-corrected chi connectivity index (χ2v) is 21.4. The van der Waals surface area contributed by atoms with Crippen LogP contribution in [0.1, 0.15) is 54.4 Å². The van der Waals surface area contributed by atoms with Crippen LogP contribution < -0.4 is 73.5 Å². The Balaban J connectivity index is 0.000000369. The van der Waals surface area contributed by atoms with E-state index in [-0.39, 0.29) is 153 Å². The number of isocyanates is 1. The van der Waals surface area contributed by atoms with E-state index in [2.05, 4.69) is 45.9 Å². The van der Waals surface area contributed by atoms with Crippen LogP contribution in [0.15, 0.2) is 0 Å². The number of ether oxygens (including phenoxy) is 13. The maximum Gasteiger partial charge on any atom is 1.00 e. The summed E-state index contributed by atoms with van der Waals surface area (Å²) in [6.07, 6.45) is -6.91. The zero-order valence-corrected chi connectivity index (χ0v) is 53.0. The number of alkyl carbamates (subject to hydrolysis) is 1. The van der Waals surface area contributed by atoms with Gasteiger partial charge in [-0.1, -0.05) is 15.9 Å². The fourth-order valence-corrected chi connectivity index (χ4v) is 9.07. The molecule has 0 bridgehead atoms. The van der Waals surface area contributed by atoms with Crippen LogP contribution in [0, 0.1) is 40.5 Å². The third kappa shape index (κ3) is 28.5. The fourth-order valence-electron chi connectivity index (χ4n) is 8.87. The molecule has 0 radical (unpaired) electrons. The Labute approximate surface area is 542 Å². The van der Waals surface area contributed by atoms with Crippen molar-refractivity contribution in [1.82, 2.24) is 10.6 Å². The molecule has 16 atom stereocenters. The molecule has 0 spiro atoms. The number of nitrogens with two attached hydrogens (primary N) is 2. The predicted molar refractivity (Wildman–Crippen MR) is 279 cm³/mol. The van der Waals surface area contributed by atoms with Gasteiger partial charge in [-0.05, 0) is 54.0 Å². The SMILES string of the molecule is CC(C)(C)OC(=O)CCCO[C@@H]1CO[C@H]2[C@@H]1OC[C@@H]2O[N+](=O)[O-].CC(C)(C)OC(=O)NCCBr.NC(=O)NCCO[C@@H]1CO[C@H]2[C@@H]1OC[C@@H]2O[N+](=O)[O-].NCCO[C@@H]1CO[C@H]2[C@@H]1OC[C@@H]2O[N+](=O)[O-].O=[N+]([O-])O[C@H]1CO[C@H]2[C@@H]1OC[C@H]2O.[K+].[N-]=C=O. The van der Waals surface area contributed by atoms with Gasteiger partial charge >= 0.3 is 69.5 Å². The second kappa shape index (κ2) is 39.7. The molecule has 0 aromatic carbocycles. The van der Waals surface area contributed by atoms with E-state index in [1.807, 2.05) is 41.5 Å². The molecule has 488 valence electrons. The smallest absolute Gasteiger partial charge is 0.724 e. The third-order valence-corrected chi connectivity index (χ3v) is 12.4. The van der Waals surface area contributed by atoms with Crippen LogP contribution in [-0.4, -0.2) is 256 Å². The largest absolute Gasteiger partial charge is 1.00 e. The number of carbonyl (C=O) groups excluding carboxylic acids is 4. The van der Waals surface area contributed by atoms with Crippen LogP contribution in [0.4, 0.5) is 9.59 Å². The van der Waals surface area contributed by atoms with E-state index in [4.69, 9.17) is 83.3 Å². The van der Waals surface area contributed by atoms with Gasteiger partial charge in [0.25, 0.3) is 20.3 Å². The molecule has 8 saturated heterocycles. The normalized spacial score (nSPS) is 30.2. The number of urea groups is 1. The Kier molecular flexibility index (Phi) is 36.0. The van der Waals surface area contributed by atoms with Crippen LogP contribution in [0.3, 0.4) is 0 Å². The molecule has 86 heavy (non-hydrogen) atoms. The molecule has 0 aromatic heterocycles. The van der Waals surface area contributed by atoms with Gasteiger partial charge in [-0.15, -0.1) is 40.5 Å². The van der Waals surface area contributed by atoms with Crippen LogP contribution in [0.5, 0.6) is 0 Å². The summed E-state index contributed by atoms with van der Waals surface area (Å²) in [5.41, 5.74) is 9.32. The van der Waals surface area contributed by atoms with E-state index >= 15 is 0 Å². The number of nitrogens with one attached hydrogen (secondary N) is 2. The number of esters is 1. The predicted octanol–water partition coefficient (Wildman–Crippen LogP) is -4.49. The molecule has 8 aliphatic rings. The number of aliphatic hydroxyl groups excluding tert-OH is 1. The Morgan fingerprint density at radius 2 is 0.895 bits per heavy atom. The minimum absolute atomic E-state index is 0. The monoisotopic (exact) mass is 1340 g/mol. The minimum atomic E-state index is -0.871. The van der Waals surface area contributed by atoms with Crippen LogP contribution in [0.2, 0.25) is 0 Å². The molecule has 7 N–H and O–H groups in total. The number of primary amides is 1. The Morgan fingerprint density at radius 3 is 1.24 bits per heavy atom. The number of halogens is 1. The number of hydrogen-bond donors (Lipinski definition) is 5. The van der Waals surface area contributed by atoms with Crippen molar-refractivity contribution in [3.8, 4) is 0 Å². The summed E-state index contributed by atoms with van der Waals surface area (Å²) in [6.45, 7) is 14.8. The van der Waals surface area contributed by atoms with E-state index in [1.54, 1.807) is 0 Å². The summed E-state index contributed by atoms with van der Waals surface area (Å²) < 4.78 is 69.4. The van der Waals surface area contributed by atoms with Gasteiger partial charge in [-0.2, -0.15) is 0 Å². The maximum atomic E-state index is 11.6. The number of fused-ring (bicyclic) bond motifs is 4. The molecule has 0 saturated carbocycles. The Morgan fingerprint density at radius 1 is 0.570 bits per heavy atom. The number of alkyl halides is 1. The molecule has 8 heterocycles. The minimum Gasteiger partial charge on any atom is -0.724 e. The molecule has 41 heteroatoms. The van der Waals surface area contributed by atoms with E-state index in [0.717, 1.165) is 5.33 Å². The number of aliphatic hydroxyl groups is 1. The summed E-state index contributed by atoms with van der Waals surface area (Å²) in [5, 5.41) is 59.3. The van der Waals surface area contributed by atoms with E-state index in [9.17, 15) is 59.9 Å². The first-order valence-corrected chi connectivity index (χ1v) is 27.4. The van der Waals surface area contributed by atoms with Crippen molar-refractivity contribution in [2.75, 3.05) is 97.6 Å². The van der Waals surface area contributed by atoms with Crippen LogP contribution >= 0.6 is 15.9 Å². The van der Waals surface area contributed by atoms with Crippen molar-refractivity contribution in [2.45, 2.75) is 163 Å². The molecule has 0 aromatic rings. The molecular formula is C45H75BrKN9O30. The Bertz CT molecular complexity index is 2140. The summed E-state index contributed by atoms with van der Waals surface area (Å²) in [7, 11) is 0. The Hall–Kier alpha value is -4.21. The van der Waals surface area contributed by atoms with Crippen molar-refractivity contribution < 1.29 is 177 Å². The summed E-state index contributed by atoms with van der Waals surface area (Å²) >= 11 is 3.19. The molecule has 8 fully saturated rings. The number of carbonyl (C=O) groups is 3. The number of nitrogens with zero attached hydrogens (tertiary/aromatic N) is 5. The van der Waals surface area contributed by atoms with Crippen molar-refractivity contribution in [1.29, 1.82) is 0 Å². The molecule has 8 rings (SSSR count). The zero-order valence-electron chi connectivity index (χ0n) is 48.3. The average molecular weight is 1340 g/mol. The third-order valence-electron chi connectivity index (χ3n) is 12.0. The quantitative estimate of drug-likeness (QED) is 0.00997. The fraction of sp³-hybridized carbons (Fsp3) is 0.911. The van der Waals surface area contributed by atoms with Gasteiger partial charge in [0, 0.05) is 38.0 Å². The molecule has 0 aliphatic carbocycles. The van der Waals surface area contributed by atoms with Crippen LogP contribution in [0.25, 0.3) is 5.41 Å². The molecular weight excluding hydrogens is 1270 g/mol. The number of hydrogen-bond acceptors (Lipinski definition) is 31. The topological polar surface area (TPSA) is 516 Å². The summed E-state index contributed by atoms with van der Waals surface area (Å²) in [6, 6.07) is -0.624. The van der Waals surface area contributed by atoms with E-state index in [0.29, 0.717) is 52.0 Å². The van der Waals surface area contributed by atoms with E-state index in [1.165, 1.54) is 0 Å². The molecule has 8 aliphatic heterocycles. The molecule has 39 nitrogen and oxygen atoms in total. The number of rotatable bonds is 22. The first kappa shape index (κ1) is 77.9. The van der Waals surface area contributed by atoms with Crippen LogP contribution in [-0.2, 0) is 90.5 Å². The molecule has 3 amide bonds. The van der Waals surface area contributed by atoms with Gasteiger partial charge in [0.05, 0.1) is 66.1 Å². The van der Waals surface area contributed by atoms with Crippen molar-refractivity contribution in [3.05, 3.63) is 45.9 Å². The van der Waals surface area contributed by atoms with Gasteiger partial charge in [0.2, 0.25) is 0 Å². The second-order valence-electron chi connectivity index (χ2n) is 20.6. The standard InChI is InChI=1S/C14H23NO8.C9H15N3O7.C8H14N2O6.C7H14BrNO2.C6H9NO6.CNO.K/c1-14(2,3)22-11(16)5-4-6-19-9-7-20-13-10(23-15(17)18)8-21-12(9)13;10-9(13)11-1-2-16-5-3-17-8-6(19-12(14)15)4-18-7(5)8;9-1-2-13-5-3-14-8-6(16-10(11)12)4-15-7(5)8;1-7(2,3)11-6(10)9-5-4-8;8-3-1-11-6-4(13-7(9)10)2-12-5(3)6;2-1-3;/h9-10,12-13H,4-8H2,1-3H3;5-8H,1-4H2,(H3,10,11,13);5-8H,1-4,9H2;4-5H2,1-3H3,(H,9,10);3-6,8H,1-2H2;;/q;;;;;-1;+1/t9-,10+,12-,13-;2*5-,6+,7-,8-;;3-,4+,5-,6-;;/m111.1../s1. The number of amides is 3. The van der Waals surface area contributed by atoms with Crippen molar-refractivity contribution in [2.24, 2.45) is 11.5 Å². The first-order chi connectivity index (χ1) is 40.1. The first-order valence-electron chi connectivity index (χ1n) is 26.3. The van der Waals surface area contributed by atoms with Gasteiger partial charge in [-0.25, -0.2) is 9.59 Å². The zero-order chi connectivity index (χ0) is 63.4. The van der Waals surface area contributed by atoms with Crippen molar-refractivity contribution >= 4 is 40.1 Å². The van der Waals surface area contributed by atoms with Crippen molar-refractivity contribution in [3.63, 3.8) is 0 Å². The summed E-state index contributed by atoms with van der Waals surface area (Å²) in [5.74, 6) is -0.266. The van der Waals surface area contributed by atoms with Gasteiger partial charge in [0.15, 0.2) is 24.4 Å². The van der Waals surface area contributed by atoms with E-state index < -0.39 is 105 Å². The maximum absolute atomic E-state index is 11.6.